The maximum atomic E-state index is 5.22. The van der Waals surface area contributed by atoms with Crippen LogP contribution in [-0.2, 0) is 0 Å². The number of ether oxygens (including phenoxy) is 1. The molecular weight excluding hydrogens is 190 g/mol. The van der Waals surface area contributed by atoms with Crippen molar-refractivity contribution in [3.8, 4) is 5.88 Å². The molecule has 0 aliphatic heterocycles. The summed E-state index contributed by atoms with van der Waals surface area (Å²) >= 11 is 0. The molecule has 0 aliphatic rings. The summed E-state index contributed by atoms with van der Waals surface area (Å²) in [5, 5.41) is 0. The molecule has 0 aliphatic carbocycles. The van der Waals surface area contributed by atoms with E-state index < -0.39 is 0 Å². The van der Waals surface area contributed by atoms with Gasteiger partial charge in [-0.1, -0.05) is 12.1 Å². The fraction of sp³-hybridized carbons (Fsp3) is 0.0909. The van der Waals surface area contributed by atoms with Crippen LogP contribution in [0.1, 0.15) is 0 Å². The lowest BCUT2D eigenvalue weighted by atomic mass is 10.3. The molecule has 2 aromatic heterocycles. The third-order valence-corrected chi connectivity index (χ3v) is 2.41. The summed E-state index contributed by atoms with van der Waals surface area (Å²) in [5.74, 6) is 0.603. The molecule has 3 rings (SSSR count). The Morgan fingerprint density at radius 2 is 2.07 bits per heavy atom. The van der Waals surface area contributed by atoms with Crippen LogP contribution in [0.2, 0.25) is 0 Å². The molecular formula is C11H9N3O. The van der Waals surface area contributed by atoms with Gasteiger partial charge in [-0.05, 0) is 12.1 Å². The molecule has 0 amide bonds. The van der Waals surface area contributed by atoms with Gasteiger partial charge in [0, 0.05) is 0 Å². The van der Waals surface area contributed by atoms with Crippen molar-refractivity contribution in [1.29, 1.82) is 0 Å². The molecule has 0 atom stereocenters. The van der Waals surface area contributed by atoms with Crippen LogP contribution in [0.5, 0.6) is 5.88 Å². The highest BCUT2D eigenvalue weighted by Crippen LogP contribution is 2.22. The van der Waals surface area contributed by atoms with E-state index in [0.29, 0.717) is 5.88 Å². The lowest BCUT2D eigenvalue weighted by molar-refractivity contribution is 0.403. The van der Waals surface area contributed by atoms with Gasteiger partial charge in [0.05, 0.1) is 30.7 Å². The van der Waals surface area contributed by atoms with Crippen molar-refractivity contribution in [2.45, 2.75) is 0 Å². The van der Waals surface area contributed by atoms with Gasteiger partial charge in [0.2, 0.25) is 5.88 Å². The van der Waals surface area contributed by atoms with Crippen molar-refractivity contribution >= 4 is 16.6 Å². The molecule has 4 heteroatoms. The Hall–Kier alpha value is -2.10. The molecule has 0 N–H and O–H groups in total. The van der Waals surface area contributed by atoms with Crippen LogP contribution in [0, 0.1) is 0 Å². The van der Waals surface area contributed by atoms with Gasteiger partial charge in [-0.15, -0.1) is 0 Å². The first-order valence-electron chi connectivity index (χ1n) is 4.65. The minimum Gasteiger partial charge on any atom is -0.479 e. The SMILES string of the molecule is COc1nc2ccccc2n2cncc12. The number of hydrogen-bond acceptors (Lipinski definition) is 3. The molecule has 2 heterocycles. The largest absolute Gasteiger partial charge is 0.479 e. The summed E-state index contributed by atoms with van der Waals surface area (Å²) in [5.41, 5.74) is 2.82. The molecule has 0 saturated heterocycles. The van der Waals surface area contributed by atoms with Crippen LogP contribution in [-0.4, -0.2) is 21.5 Å². The summed E-state index contributed by atoms with van der Waals surface area (Å²) < 4.78 is 7.20. The van der Waals surface area contributed by atoms with Crippen LogP contribution in [0.3, 0.4) is 0 Å². The van der Waals surface area contributed by atoms with E-state index in [-0.39, 0.29) is 0 Å². The van der Waals surface area contributed by atoms with Crippen LogP contribution >= 0.6 is 0 Å². The van der Waals surface area contributed by atoms with E-state index in [1.807, 2.05) is 28.7 Å². The van der Waals surface area contributed by atoms with E-state index in [1.54, 1.807) is 19.6 Å². The number of hydrogen-bond donors (Lipinski definition) is 0. The van der Waals surface area contributed by atoms with Crippen molar-refractivity contribution in [3.05, 3.63) is 36.8 Å². The molecule has 0 bridgehead atoms. The zero-order chi connectivity index (χ0) is 10.3. The Kier molecular flexibility index (Phi) is 1.62. The maximum absolute atomic E-state index is 5.22. The maximum Gasteiger partial charge on any atom is 0.240 e. The molecule has 0 fully saturated rings. The number of fused-ring (bicyclic) bond motifs is 3. The monoisotopic (exact) mass is 199 g/mol. The number of methoxy groups -OCH3 is 1. The molecule has 0 spiro atoms. The average Bonchev–Trinajstić information content (AvgIpc) is 2.77. The predicted octanol–water partition coefficient (Wildman–Crippen LogP) is 1.89. The van der Waals surface area contributed by atoms with E-state index in [0.717, 1.165) is 16.6 Å². The summed E-state index contributed by atoms with van der Waals surface area (Å²) in [6, 6.07) is 7.90. The Balaban J connectivity index is 2.57. The van der Waals surface area contributed by atoms with Gasteiger partial charge in [0.1, 0.15) is 5.52 Å². The summed E-state index contributed by atoms with van der Waals surface area (Å²) in [6.45, 7) is 0. The van der Waals surface area contributed by atoms with Crippen LogP contribution < -0.4 is 4.74 Å². The first kappa shape index (κ1) is 8.23. The average molecular weight is 199 g/mol. The predicted molar refractivity (Wildman–Crippen MR) is 57.0 cm³/mol. The van der Waals surface area contributed by atoms with E-state index in [2.05, 4.69) is 9.97 Å². The molecule has 1 aromatic carbocycles. The van der Waals surface area contributed by atoms with Gasteiger partial charge in [0.25, 0.3) is 0 Å². The number of para-hydroxylation sites is 2. The molecule has 74 valence electrons. The third-order valence-electron chi connectivity index (χ3n) is 2.41. The van der Waals surface area contributed by atoms with Crippen molar-refractivity contribution in [1.82, 2.24) is 14.4 Å². The van der Waals surface area contributed by atoms with E-state index in [9.17, 15) is 0 Å². The highest BCUT2D eigenvalue weighted by Gasteiger charge is 2.07. The Morgan fingerprint density at radius 3 is 2.93 bits per heavy atom. The number of imidazole rings is 1. The van der Waals surface area contributed by atoms with Crippen molar-refractivity contribution < 1.29 is 4.74 Å². The number of rotatable bonds is 1. The van der Waals surface area contributed by atoms with Gasteiger partial charge in [-0.3, -0.25) is 4.40 Å². The minimum atomic E-state index is 0.603. The first-order valence-corrected chi connectivity index (χ1v) is 4.65. The summed E-state index contributed by atoms with van der Waals surface area (Å²) in [4.78, 5) is 8.51. The van der Waals surface area contributed by atoms with Gasteiger partial charge >= 0.3 is 0 Å². The van der Waals surface area contributed by atoms with E-state index >= 15 is 0 Å². The van der Waals surface area contributed by atoms with Gasteiger partial charge < -0.3 is 4.74 Å². The Bertz CT molecular complexity index is 630. The molecule has 15 heavy (non-hydrogen) atoms. The molecule has 0 radical (unpaired) electrons. The zero-order valence-corrected chi connectivity index (χ0v) is 8.21. The fourth-order valence-electron chi connectivity index (χ4n) is 1.72. The quantitative estimate of drug-likeness (QED) is 0.600. The van der Waals surface area contributed by atoms with Gasteiger partial charge in [-0.25, -0.2) is 9.97 Å². The lowest BCUT2D eigenvalue weighted by Crippen LogP contribution is -1.94. The van der Waals surface area contributed by atoms with Crippen LogP contribution in [0.4, 0.5) is 0 Å². The minimum absolute atomic E-state index is 0.603. The van der Waals surface area contributed by atoms with E-state index in [4.69, 9.17) is 4.74 Å². The normalized spacial score (nSPS) is 11.0. The molecule has 0 saturated carbocycles. The van der Waals surface area contributed by atoms with Gasteiger partial charge in [0.15, 0.2) is 0 Å². The second-order valence-electron chi connectivity index (χ2n) is 3.26. The first-order chi connectivity index (χ1) is 7.40. The second kappa shape index (κ2) is 2.95. The lowest BCUT2D eigenvalue weighted by Gasteiger charge is -2.05. The summed E-state index contributed by atoms with van der Waals surface area (Å²) in [6.07, 6.45) is 3.51. The second-order valence-corrected chi connectivity index (χ2v) is 3.26. The van der Waals surface area contributed by atoms with Crippen molar-refractivity contribution in [2.24, 2.45) is 0 Å². The van der Waals surface area contributed by atoms with Crippen molar-refractivity contribution in [3.63, 3.8) is 0 Å². The summed E-state index contributed by atoms with van der Waals surface area (Å²) in [7, 11) is 1.62. The third kappa shape index (κ3) is 1.08. The number of benzene rings is 1. The Morgan fingerprint density at radius 1 is 1.20 bits per heavy atom. The fourth-order valence-corrected chi connectivity index (χ4v) is 1.72. The highest BCUT2D eigenvalue weighted by molar-refractivity contribution is 5.80. The van der Waals surface area contributed by atoms with Crippen LogP contribution in [0.15, 0.2) is 36.8 Å². The number of nitrogens with zero attached hydrogens (tertiary/aromatic N) is 3. The zero-order valence-electron chi connectivity index (χ0n) is 8.21. The topological polar surface area (TPSA) is 39.4 Å². The highest BCUT2D eigenvalue weighted by atomic mass is 16.5. The van der Waals surface area contributed by atoms with Crippen molar-refractivity contribution in [2.75, 3.05) is 7.11 Å². The standard InChI is InChI=1S/C11H9N3O/c1-15-11-10-6-12-7-14(10)9-5-3-2-4-8(9)13-11/h2-7H,1H3. The van der Waals surface area contributed by atoms with Crippen LogP contribution in [0.25, 0.3) is 16.6 Å². The van der Waals surface area contributed by atoms with E-state index in [1.165, 1.54) is 0 Å². The number of aromatic nitrogens is 3. The molecule has 3 aromatic rings. The molecule has 0 unspecified atom stereocenters. The smallest absolute Gasteiger partial charge is 0.240 e. The Labute approximate surface area is 86.1 Å². The van der Waals surface area contributed by atoms with Gasteiger partial charge in [-0.2, -0.15) is 0 Å². The molecule has 4 nitrogen and oxygen atoms in total.